The molecule has 0 bridgehead atoms. The van der Waals surface area contributed by atoms with Crippen molar-refractivity contribution in [3.05, 3.63) is 60.0 Å². The Morgan fingerprint density at radius 2 is 1.79 bits per heavy atom. The maximum atomic E-state index is 12.5. The number of nitrogens with zero attached hydrogens (tertiary/aromatic N) is 1. The van der Waals surface area contributed by atoms with Crippen molar-refractivity contribution in [2.45, 2.75) is 29.9 Å². The van der Waals surface area contributed by atoms with Crippen molar-refractivity contribution in [3.63, 3.8) is 0 Å². The summed E-state index contributed by atoms with van der Waals surface area (Å²) in [5, 5.41) is 8.09. The van der Waals surface area contributed by atoms with E-state index >= 15 is 0 Å². The van der Waals surface area contributed by atoms with Gasteiger partial charge in [0.15, 0.2) is 5.13 Å². The Bertz CT molecular complexity index is 998. The SMILES string of the molecule is CC(Sc1ccc(NC(=O)C2CC2)cc1)C(=O)Nc1nc(-c2ccccc2)cs1. The lowest BCUT2D eigenvalue weighted by atomic mass is 10.2. The van der Waals surface area contributed by atoms with Crippen LogP contribution in [0.15, 0.2) is 64.9 Å². The molecule has 0 aliphatic heterocycles. The quantitative estimate of drug-likeness (QED) is 0.507. The van der Waals surface area contributed by atoms with E-state index in [0.717, 1.165) is 34.7 Å². The number of hydrogen-bond acceptors (Lipinski definition) is 5. The molecule has 0 spiro atoms. The molecule has 4 rings (SSSR count). The van der Waals surface area contributed by atoms with Crippen LogP contribution in [-0.2, 0) is 9.59 Å². The third-order valence-corrected chi connectivity index (χ3v) is 6.43. The maximum absolute atomic E-state index is 12.5. The molecule has 2 aromatic carbocycles. The first-order valence-corrected chi connectivity index (χ1v) is 11.2. The van der Waals surface area contributed by atoms with E-state index in [1.807, 2.05) is 66.9 Å². The molecule has 0 radical (unpaired) electrons. The van der Waals surface area contributed by atoms with Gasteiger partial charge in [0.2, 0.25) is 11.8 Å². The van der Waals surface area contributed by atoms with E-state index in [2.05, 4.69) is 15.6 Å². The molecule has 7 heteroatoms. The lowest BCUT2D eigenvalue weighted by molar-refractivity contribution is -0.117. The first-order chi connectivity index (χ1) is 14.1. The third-order valence-electron chi connectivity index (χ3n) is 4.56. The smallest absolute Gasteiger partial charge is 0.239 e. The van der Waals surface area contributed by atoms with Gasteiger partial charge in [0.1, 0.15) is 0 Å². The zero-order chi connectivity index (χ0) is 20.2. The molecule has 1 aliphatic rings. The molecule has 2 amide bonds. The molecule has 148 valence electrons. The van der Waals surface area contributed by atoms with E-state index in [4.69, 9.17) is 0 Å². The van der Waals surface area contributed by atoms with E-state index in [1.54, 1.807) is 0 Å². The van der Waals surface area contributed by atoms with Gasteiger partial charge in [0, 0.05) is 27.4 Å². The molecule has 1 fully saturated rings. The number of aromatic nitrogens is 1. The van der Waals surface area contributed by atoms with Gasteiger partial charge in [0.05, 0.1) is 10.9 Å². The number of benzene rings is 2. The van der Waals surface area contributed by atoms with Gasteiger partial charge >= 0.3 is 0 Å². The maximum Gasteiger partial charge on any atom is 0.239 e. The van der Waals surface area contributed by atoms with Gasteiger partial charge in [-0.05, 0) is 44.0 Å². The summed E-state index contributed by atoms with van der Waals surface area (Å²) in [4.78, 5) is 29.8. The van der Waals surface area contributed by atoms with Crippen LogP contribution in [0.2, 0.25) is 0 Å². The van der Waals surface area contributed by atoms with E-state index in [1.165, 1.54) is 23.1 Å². The Labute approximate surface area is 178 Å². The largest absolute Gasteiger partial charge is 0.326 e. The lowest BCUT2D eigenvalue weighted by Crippen LogP contribution is -2.22. The van der Waals surface area contributed by atoms with E-state index in [9.17, 15) is 9.59 Å². The summed E-state index contributed by atoms with van der Waals surface area (Å²) in [5.74, 6) is 0.188. The molecule has 29 heavy (non-hydrogen) atoms. The average molecular weight is 424 g/mol. The minimum atomic E-state index is -0.272. The summed E-state index contributed by atoms with van der Waals surface area (Å²) in [5.41, 5.74) is 2.68. The molecular formula is C22H21N3O2S2. The van der Waals surface area contributed by atoms with Gasteiger partial charge in [-0.15, -0.1) is 23.1 Å². The Kier molecular flexibility index (Phi) is 5.97. The molecule has 1 atom stereocenters. The first kappa shape index (κ1) is 19.7. The van der Waals surface area contributed by atoms with Gasteiger partial charge in [-0.2, -0.15) is 0 Å². The van der Waals surface area contributed by atoms with Crippen molar-refractivity contribution in [2.75, 3.05) is 10.6 Å². The van der Waals surface area contributed by atoms with Crippen LogP contribution in [0, 0.1) is 5.92 Å². The number of rotatable bonds is 7. The van der Waals surface area contributed by atoms with E-state index < -0.39 is 0 Å². The minimum absolute atomic E-state index is 0.0879. The molecule has 2 N–H and O–H groups in total. The third kappa shape index (κ3) is 5.25. The average Bonchev–Trinajstić information content (AvgIpc) is 3.49. The zero-order valence-electron chi connectivity index (χ0n) is 15.9. The monoisotopic (exact) mass is 423 g/mol. The summed E-state index contributed by atoms with van der Waals surface area (Å²) in [6.07, 6.45) is 1.97. The molecule has 1 unspecified atom stereocenters. The number of hydrogen-bond donors (Lipinski definition) is 2. The molecule has 5 nitrogen and oxygen atoms in total. The molecule has 0 saturated heterocycles. The Morgan fingerprint density at radius 3 is 2.48 bits per heavy atom. The van der Waals surface area contributed by atoms with Crippen molar-refractivity contribution >= 4 is 45.7 Å². The predicted molar refractivity (Wildman–Crippen MR) is 119 cm³/mol. The highest BCUT2D eigenvalue weighted by molar-refractivity contribution is 8.00. The first-order valence-electron chi connectivity index (χ1n) is 9.48. The summed E-state index contributed by atoms with van der Waals surface area (Å²) in [7, 11) is 0. The van der Waals surface area contributed by atoms with Crippen LogP contribution in [0.5, 0.6) is 0 Å². The number of amides is 2. The number of carbonyl (C=O) groups excluding carboxylic acids is 2. The van der Waals surface area contributed by atoms with Crippen LogP contribution >= 0.6 is 23.1 Å². The normalized spacial score (nSPS) is 14.2. The summed E-state index contributed by atoms with van der Waals surface area (Å²) in [6.45, 7) is 1.87. The molecule has 1 aliphatic carbocycles. The fourth-order valence-corrected chi connectivity index (χ4v) is 4.33. The fourth-order valence-electron chi connectivity index (χ4n) is 2.74. The van der Waals surface area contributed by atoms with Crippen LogP contribution in [0.25, 0.3) is 11.3 Å². The molecule has 1 aromatic heterocycles. The number of thiazole rings is 1. The number of anilines is 2. The number of carbonyl (C=O) groups is 2. The van der Waals surface area contributed by atoms with Gasteiger partial charge in [-0.1, -0.05) is 30.3 Å². The number of thioether (sulfide) groups is 1. The topological polar surface area (TPSA) is 71.1 Å². The van der Waals surface area contributed by atoms with Crippen LogP contribution in [0.1, 0.15) is 19.8 Å². The zero-order valence-corrected chi connectivity index (χ0v) is 17.6. The predicted octanol–water partition coefficient (Wildman–Crippen LogP) is 5.28. The Morgan fingerprint density at radius 1 is 1.07 bits per heavy atom. The van der Waals surface area contributed by atoms with Crippen molar-refractivity contribution in [3.8, 4) is 11.3 Å². The summed E-state index contributed by atoms with van der Waals surface area (Å²) < 4.78 is 0. The van der Waals surface area contributed by atoms with Gasteiger partial charge < -0.3 is 10.6 Å². The molecule has 3 aromatic rings. The van der Waals surface area contributed by atoms with Crippen LogP contribution < -0.4 is 10.6 Å². The standard InChI is InChI=1S/C22H21N3O2S2/c1-14(29-18-11-9-17(10-12-18)23-21(27)16-7-8-16)20(26)25-22-24-19(13-28-22)15-5-3-2-4-6-15/h2-6,9-14,16H,7-8H2,1H3,(H,23,27)(H,24,25,26). The van der Waals surface area contributed by atoms with Gasteiger partial charge in [-0.25, -0.2) is 4.98 Å². The molecule has 1 saturated carbocycles. The number of nitrogens with one attached hydrogen (secondary N) is 2. The minimum Gasteiger partial charge on any atom is -0.326 e. The Balaban J connectivity index is 1.31. The van der Waals surface area contributed by atoms with Gasteiger partial charge in [0.25, 0.3) is 0 Å². The Hall–Kier alpha value is -2.64. The molecular weight excluding hydrogens is 402 g/mol. The van der Waals surface area contributed by atoms with E-state index in [0.29, 0.717) is 5.13 Å². The second-order valence-corrected chi connectivity index (χ2v) is 9.21. The summed E-state index contributed by atoms with van der Waals surface area (Å²) >= 11 is 2.89. The highest BCUT2D eigenvalue weighted by Crippen LogP contribution is 2.31. The van der Waals surface area contributed by atoms with E-state index in [-0.39, 0.29) is 23.0 Å². The van der Waals surface area contributed by atoms with Crippen molar-refractivity contribution in [1.82, 2.24) is 4.98 Å². The lowest BCUT2D eigenvalue weighted by Gasteiger charge is -2.11. The second-order valence-electron chi connectivity index (χ2n) is 6.94. The van der Waals surface area contributed by atoms with Crippen molar-refractivity contribution in [2.24, 2.45) is 5.92 Å². The summed E-state index contributed by atoms with van der Waals surface area (Å²) in [6, 6.07) is 17.5. The highest BCUT2D eigenvalue weighted by atomic mass is 32.2. The van der Waals surface area contributed by atoms with Crippen molar-refractivity contribution in [1.29, 1.82) is 0 Å². The molecule has 1 heterocycles. The second kappa shape index (κ2) is 8.80. The highest BCUT2D eigenvalue weighted by Gasteiger charge is 2.29. The van der Waals surface area contributed by atoms with Crippen LogP contribution in [-0.4, -0.2) is 22.0 Å². The van der Waals surface area contributed by atoms with Gasteiger partial charge in [-0.3, -0.25) is 9.59 Å². The van der Waals surface area contributed by atoms with Crippen molar-refractivity contribution < 1.29 is 9.59 Å². The van der Waals surface area contributed by atoms with Crippen LogP contribution in [0.4, 0.5) is 10.8 Å². The van der Waals surface area contributed by atoms with Crippen LogP contribution in [0.3, 0.4) is 0 Å². The fraction of sp³-hybridized carbons (Fsp3) is 0.227.